The molecule has 1 N–H and O–H groups in total. The van der Waals surface area contributed by atoms with Crippen molar-refractivity contribution in [3.05, 3.63) is 35.7 Å². The van der Waals surface area contributed by atoms with E-state index in [1.807, 2.05) is 11.9 Å². The fraction of sp³-hybridized carbons (Fsp3) is 0.471. The molecule has 1 fully saturated rings. The molecule has 0 radical (unpaired) electrons. The molecule has 4 heteroatoms. The minimum atomic E-state index is -1.03. The first-order chi connectivity index (χ1) is 9.99. The summed E-state index contributed by atoms with van der Waals surface area (Å²) in [5.74, 6) is -0.593. The molecule has 0 atom stereocenters. The Morgan fingerprint density at radius 1 is 1.33 bits per heavy atom. The highest BCUT2D eigenvalue weighted by Crippen LogP contribution is 2.32. The summed E-state index contributed by atoms with van der Waals surface area (Å²) in [5.41, 5.74) is 1.10. The Labute approximate surface area is 125 Å². The van der Waals surface area contributed by atoms with Gasteiger partial charge >= 0.3 is 5.97 Å². The third-order valence-corrected chi connectivity index (χ3v) is 4.31. The van der Waals surface area contributed by atoms with Gasteiger partial charge in [0.1, 0.15) is 5.82 Å². The molecule has 1 saturated carbocycles. The number of rotatable bonds is 4. The van der Waals surface area contributed by atoms with Crippen LogP contribution in [0.5, 0.6) is 0 Å². The molecule has 114 valence electrons. The van der Waals surface area contributed by atoms with E-state index in [9.17, 15) is 9.18 Å². The molecule has 1 aromatic rings. The van der Waals surface area contributed by atoms with Crippen LogP contribution in [0.2, 0.25) is 0 Å². The lowest BCUT2D eigenvalue weighted by Crippen LogP contribution is -2.35. The number of carboxylic acid groups (broad SMARTS) is 1. The maximum absolute atomic E-state index is 14.2. The zero-order valence-corrected chi connectivity index (χ0v) is 12.6. The van der Waals surface area contributed by atoms with Gasteiger partial charge in [-0.1, -0.05) is 19.1 Å². The predicted molar refractivity (Wildman–Crippen MR) is 82.9 cm³/mol. The highest BCUT2D eigenvalue weighted by Gasteiger charge is 2.24. The Bertz CT molecular complexity index is 534. The van der Waals surface area contributed by atoms with Crippen LogP contribution in [0.3, 0.4) is 0 Å². The number of carbonyl (C=O) groups is 1. The second kappa shape index (κ2) is 6.74. The third-order valence-electron chi connectivity index (χ3n) is 4.31. The zero-order valence-electron chi connectivity index (χ0n) is 12.6. The summed E-state index contributed by atoms with van der Waals surface area (Å²) in [7, 11) is 1.90. The van der Waals surface area contributed by atoms with Crippen LogP contribution < -0.4 is 4.90 Å². The van der Waals surface area contributed by atoms with Gasteiger partial charge < -0.3 is 10.0 Å². The molecule has 0 spiro atoms. The first kappa shape index (κ1) is 15.5. The summed E-state index contributed by atoms with van der Waals surface area (Å²) in [6.07, 6.45) is 6.92. The number of halogens is 1. The van der Waals surface area contributed by atoms with Gasteiger partial charge in [0, 0.05) is 24.7 Å². The number of benzene rings is 1. The van der Waals surface area contributed by atoms with Crippen molar-refractivity contribution in [3.63, 3.8) is 0 Å². The summed E-state index contributed by atoms with van der Waals surface area (Å²) < 4.78 is 14.2. The monoisotopic (exact) mass is 291 g/mol. The van der Waals surface area contributed by atoms with E-state index in [1.165, 1.54) is 12.1 Å². The van der Waals surface area contributed by atoms with E-state index in [1.54, 1.807) is 12.1 Å². The summed E-state index contributed by atoms with van der Waals surface area (Å²) in [6.45, 7) is 2.25. The van der Waals surface area contributed by atoms with Gasteiger partial charge in [0.25, 0.3) is 0 Å². The summed E-state index contributed by atoms with van der Waals surface area (Å²) in [6, 6.07) is 5.10. The molecular formula is C17H22FNO2. The van der Waals surface area contributed by atoms with Gasteiger partial charge in [-0.15, -0.1) is 0 Å². The molecule has 0 aromatic heterocycles. The summed E-state index contributed by atoms with van der Waals surface area (Å²) in [4.78, 5) is 12.7. The number of hydrogen-bond acceptors (Lipinski definition) is 2. The number of carboxylic acids is 1. The van der Waals surface area contributed by atoms with Crippen molar-refractivity contribution in [2.24, 2.45) is 5.92 Å². The normalized spacial score (nSPS) is 22.4. The van der Waals surface area contributed by atoms with Crippen LogP contribution in [0.4, 0.5) is 10.1 Å². The summed E-state index contributed by atoms with van der Waals surface area (Å²) >= 11 is 0. The van der Waals surface area contributed by atoms with Gasteiger partial charge in [0.15, 0.2) is 0 Å². The lowest BCUT2D eigenvalue weighted by atomic mass is 9.86. The van der Waals surface area contributed by atoms with Crippen LogP contribution in [-0.2, 0) is 4.79 Å². The second-order valence-electron chi connectivity index (χ2n) is 5.87. The van der Waals surface area contributed by atoms with Crippen molar-refractivity contribution in [1.82, 2.24) is 0 Å². The Balaban J connectivity index is 2.27. The first-order valence-corrected chi connectivity index (χ1v) is 7.41. The van der Waals surface area contributed by atoms with Crippen molar-refractivity contribution < 1.29 is 14.3 Å². The van der Waals surface area contributed by atoms with Gasteiger partial charge in [-0.05, 0) is 43.7 Å². The Morgan fingerprint density at radius 2 is 2.00 bits per heavy atom. The quantitative estimate of drug-likeness (QED) is 0.854. The number of nitrogens with zero attached hydrogens (tertiary/aromatic N) is 1. The van der Waals surface area contributed by atoms with E-state index < -0.39 is 5.97 Å². The first-order valence-electron chi connectivity index (χ1n) is 7.41. The topological polar surface area (TPSA) is 40.5 Å². The molecule has 1 aromatic carbocycles. The number of aliphatic carboxylic acids is 1. The molecule has 1 aliphatic carbocycles. The zero-order chi connectivity index (χ0) is 15.4. The van der Waals surface area contributed by atoms with Crippen molar-refractivity contribution in [3.8, 4) is 0 Å². The largest absolute Gasteiger partial charge is 0.478 e. The van der Waals surface area contributed by atoms with E-state index in [2.05, 4.69) is 6.92 Å². The van der Waals surface area contributed by atoms with E-state index in [0.29, 0.717) is 17.3 Å². The van der Waals surface area contributed by atoms with Crippen molar-refractivity contribution >= 4 is 17.7 Å². The Morgan fingerprint density at radius 3 is 2.62 bits per heavy atom. The van der Waals surface area contributed by atoms with E-state index in [0.717, 1.165) is 37.7 Å². The number of para-hydroxylation sites is 1. The minimum Gasteiger partial charge on any atom is -0.478 e. The van der Waals surface area contributed by atoms with Crippen LogP contribution in [-0.4, -0.2) is 24.2 Å². The van der Waals surface area contributed by atoms with Crippen LogP contribution in [0.1, 0.15) is 38.2 Å². The van der Waals surface area contributed by atoms with Gasteiger partial charge in [0.2, 0.25) is 0 Å². The molecule has 0 unspecified atom stereocenters. The molecular weight excluding hydrogens is 269 g/mol. The van der Waals surface area contributed by atoms with E-state index in [-0.39, 0.29) is 5.82 Å². The lowest BCUT2D eigenvalue weighted by molar-refractivity contribution is -0.131. The predicted octanol–water partition coefficient (Wildman–Crippen LogP) is 3.94. The smallest absolute Gasteiger partial charge is 0.328 e. The SMILES string of the molecule is CC1CCC(N(C)c2c(F)cccc2/C=C/C(=O)O)CC1. The molecule has 0 heterocycles. The van der Waals surface area contributed by atoms with Gasteiger partial charge in [-0.3, -0.25) is 0 Å². The van der Waals surface area contributed by atoms with Crippen LogP contribution in [0.15, 0.2) is 24.3 Å². The summed E-state index contributed by atoms with van der Waals surface area (Å²) in [5, 5.41) is 8.76. The lowest BCUT2D eigenvalue weighted by Gasteiger charge is -2.36. The minimum absolute atomic E-state index is 0.302. The second-order valence-corrected chi connectivity index (χ2v) is 5.87. The van der Waals surface area contributed by atoms with Gasteiger partial charge in [-0.2, -0.15) is 0 Å². The van der Waals surface area contributed by atoms with Crippen LogP contribution >= 0.6 is 0 Å². The average Bonchev–Trinajstić information content (AvgIpc) is 2.45. The molecule has 0 saturated heterocycles. The highest BCUT2D eigenvalue weighted by molar-refractivity contribution is 5.87. The van der Waals surface area contributed by atoms with Crippen LogP contribution in [0, 0.1) is 11.7 Å². The fourth-order valence-corrected chi connectivity index (χ4v) is 3.01. The van der Waals surface area contributed by atoms with Crippen molar-refractivity contribution in [1.29, 1.82) is 0 Å². The maximum atomic E-state index is 14.2. The van der Waals surface area contributed by atoms with E-state index in [4.69, 9.17) is 5.11 Å². The van der Waals surface area contributed by atoms with Gasteiger partial charge in [-0.25, -0.2) is 9.18 Å². The standard InChI is InChI=1S/C17H22FNO2/c1-12-6-9-14(10-7-12)19(2)17-13(8-11-16(20)21)4-3-5-15(17)18/h3-5,8,11-12,14H,6-7,9-10H2,1-2H3,(H,20,21)/b11-8+. The van der Waals surface area contributed by atoms with Crippen molar-refractivity contribution in [2.45, 2.75) is 38.6 Å². The average molecular weight is 291 g/mol. The number of hydrogen-bond donors (Lipinski definition) is 1. The Hall–Kier alpha value is -1.84. The highest BCUT2D eigenvalue weighted by atomic mass is 19.1. The molecule has 0 amide bonds. The van der Waals surface area contributed by atoms with Crippen molar-refractivity contribution in [2.75, 3.05) is 11.9 Å². The molecule has 0 bridgehead atoms. The van der Waals surface area contributed by atoms with Crippen LogP contribution in [0.25, 0.3) is 6.08 Å². The fourth-order valence-electron chi connectivity index (χ4n) is 3.01. The molecule has 21 heavy (non-hydrogen) atoms. The molecule has 0 aliphatic heterocycles. The molecule has 1 aliphatic rings. The molecule has 2 rings (SSSR count). The van der Waals surface area contributed by atoms with E-state index >= 15 is 0 Å². The maximum Gasteiger partial charge on any atom is 0.328 e. The third kappa shape index (κ3) is 3.84. The number of anilines is 1. The van der Waals surface area contributed by atoms with Gasteiger partial charge in [0.05, 0.1) is 5.69 Å². The Kier molecular flexibility index (Phi) is 4.99. The molecule has 3 nitrogen and oxygen atoms in total.